The van der Waals surface area contributed by atoms with E-state index in [1.54, 1.807) is 11.3 Å². The summed E-state index contributed by atoms with van der Waals surface area (Å²) in [7, 11) is 0. The number of fused-ring (bicyclic) bond motifs is 1. The number of anilines is 1. The molecule has 3 nitrogen and oxygen atoms in total. The van der Waals surface area contributed by atoms with Crippen molar-refractivity contribution < 1.29 is 4.79 Å². The number of nitriles is 1. The Morgan fingerprint density at radius 3 is 2.65 bits per heavy atom. The highest BCUT2D eigenvalue weighted by Crippen LogP contribution is 2.66. The van der Waals surface area contributed by atoms with Gasteiger partial charge < -0.3 is 5.32 Å². The number of nitrogens with one attached hydrogen (secondary N) is 1. The summed E-state index contributed by atoms with van der Waals surface area (Å²) in [6, 6.07) is 2.27. The molecule has 3 rings (SSSR count). The van der Waals surface area contributed by atoms with Gasteiger partial charge in [-0.1, -0.05) is 31.9 Å². The van der Waals surface area contributed by atoms with Gasteiger partial charge in [-0.3, -0.25) is 4.79 Å². The second kappa shape index (κ2) is 4.82. The van der Waals surface area contributed by atoms with Crippen LogP contribution in [-0.2, 0) is 17.6 Å². The number of hydrogen-bond donors (Lipinski definition) is 1. The number of nitrogens with zero attached hydrogens (tertiary/aromatic N) is 1. The maximum atomic E-state index is 12.4. The Bertz CT molecular complexity index is 632. The van der Waals surface area contributed by atoms with E-state index in [1.165, 1.54) is 11.3 Å². The summed E-state index contributed by atoms with van der Waals surface area (Å²) >= 11 is 8.59. The number of alkyl halides is 2. The monoisotopic (exact) mass is 416 g/mol. The molecular weight excluding hydrogens is 404 g/mol. The van der Waals surface area contributed by atoms with Gasteiger partial charge in [-0.2, -0.15) is 5.26 Å². The van der Waals surface area contributed by atoms with Crippen LogP contribution in [0.25, 0.3) is 0 Å². The lowest BCUT2D eigenvalue weighted by Gasteiger charge is -2.12. The van der Waals surface area contributed by atoms with Crippen LogP contribution in [0.4, 0.5) is 5.00 Å². The van der Waals surface area contributed by atoms with Gasteiger partial charge in [-0.05, 0) is 44.6 Å². The van der Waals surface area contributed by atoms with E-state index in [1.807, 2.05) is 6.92 Å². The van der Waals surface area contributed by atoms with Crippen LogP contribution in [0.3, 0.4) is 0 Å². The van der Waals surface area contributed by atoms with Crippen molar-refractivity contribution in [1.82, 2.24) is 0 Å². The van der Waals surface area contributed by atoms with Gasteiger partial charge in [0.25, 0.3) is 0 Å². The average molecular weight is 418 g/mol. The molecule has 1 N–H and O–H groups in total. The van der Waals surface area contributed by atoms with Gasteiger partial charge in [0.05, 0.1) is 14.2 Å². The number of aryl methyl sites for hydroxylation is 1. The molecule has 20 heavy (non-hydrogen) atoms. The Labute approximate surface area is 139 Å². The zero-order valence-corrected chi connectivity index (χ0v) is 15.0. The minimum atomic E-state index is -0.454. The number of hydrogen-bond acceptors (Lipinski definition) is 3. The molecule has 1 saturated carbocycles. The molecule has 1 aromatic rings. The van der Waals surface area contributed by atoms with Crippen LogP contribution in [0.2, 0.25) is 0 Å². The van der Waals surface area contributed by atoms with Crippen molar-refractivity contribution in [1.29, 1.82) is 5.26 Å². The summed E-state index contributed by atoms with van der Waals surface area (Å²) in [5.74, 6) is -0.0265. The third-order valence-corrected chi connectivity index (χ3v) is 7.79. The number of thiophene rings is 1. The average Bonchev–Trinajstić information content (AvgIpc) is 2.78. The van der Waals surface area contributed by atoms with Crippen LogP contribution in [0.15, 0.2) is 0 Å². The van der Waals surface area contributed by atoms with Gasteiger partial charge in [0.15, 0.2) is 0 Å². The highest BCUT2D eigenvalue weighted by Gasteiger charge is 2.66. The van der Waals surface area contributed by atoms with Crippen molar-refractivity contribution in [3.8, 4) is 6.07 Å². The molecule has 0 radical (unpaired) electrons. The predicted molar refractivity (Wildman–Crippen MR) is 87.6 cm³/mol. The number of rotatable bonds is 2. The second-order valence-electron chi connectivity index (χ2n) is 5.69. The van der Waals surface area contributed by atoms with Crippen LogP contribution < -0.4 is 5.32 Å². The van der Waals surface area contributed by atoms with Crippen molar-refractivity contribution >= 4 is 54.1 Å². The Morgan fingerprint density at radius 1 is 1.40 bits per heavy atom. The largest absolute Gasteiger partial charge is 0.316 e. The molecule has 0 unspecified atom stereocenters. The molecule has 1 atom stereocenters. The van der Waals surface area contributed by atoms with Crippen molar-refractivity contribution in [3.05, 3.63) is 16.0 Å². The molecule has 0 aromatic carbocycles. The van der Waals surface area contributed by atoms with Gasteiger partial charge >= 0.3 is 0 Å². The van der Waals surface area contributed by atoms with E-state index in [2.05, 4.69) is 43.2 Å². The standard InChI is InChI=1S/C14H14Br2N2OS/c1-13(7-14(13,15)16)12(19)18-11-9(6-17)8-4-2-3-5-10(8)20-11/h2-5,7H2,1H3,(H,18,19)/t13-/m1/s1. The third-order valence-electron chi connectivity index (χ3n) is 4.27. The molecule has 0 aliphatic heterocycles. The van der Waals surface area contributed by atoms with Gasteiger partial charge in [-0.25, -0.2) is 0 Å². The fourth-order valence-corrected chi connectivity index (χ4v) is 5.38. The van der Waals surface area contributed by atoms with Crippen molar-refractivity contribution in [2.45, 2.75) is 42.3 Å². The van der Waals surface area contributed by atoms with Gasteiger partial charge in [0, 0.05) is 4.88 Å². The summed E-state index contributed by atoms with van der Waals surface area (Å²) < 4.78 is -0.305. The van der Waals surface area contributed by atoms with Gasteiger partial charge in [0.1, 0.15) is 11.1 Å². The Balaban J connectivity index is 1.87. The lowest BCUT2D eigenvalue weighted by molar-refractivity contribution is -0.120. The molecule has 6 heteroatoms. The molecule has 1 aromatic heterocycles. The van der Waals surface area contributed by atoms with Crippen LogP contribution in [0.5, 0.6) is 0 Å². The minimum Gasteiger partial charge on any atom is -0.316 e. The first-order valence-corrected chi connectivity index (χ1v) is 9.03. The van der Waals surface area contributed by atoms with Crippen LogP contribution in [0.1, 0.15) is 42.2 Å². The fraction of sp³-hybridized carbons (Fsp3) is 0.571. The molecular formula is C14H14Br2N2OS. The quantitative estimate of drug-likeness (QED) is 0.728. The Morgan fingerprint density at radius 2 is 2.05 bits per heavy atom. The van der Waals surface area contributed by atoms with E-state index < -0.39 is 5.41 Å². The second-order valence-corrected chi connectivity index (χ2v) is 10.6. The normalized spacial score (nSPS) is 26.5. The molecule has 2 aliphatic carbocycles. The number of amides is 1. The first-order chi connectivity index (χ1) is 9.39. The van der Waals surface area contributed by atoms with Crippen molar-refractivity contribution in [3.63, 3.8) is 0 Å². The summed E-state index contributed by atoms with van der Waals surface area (Å²) in [6.07, 6.45) is 5.05. The van der Waals surface area contributed by atoms with E-state index in [0.717, 1.165) is 36.2 Å². The molecule has 1 fully saturated rings. The smallest absolute Gasteiger partial charge is 0.233 e. The number of carbonyl (C=O) groups is 1. The zero-order valence-electron chi connectivity index (χ0n) is 11.1. The first kappa shape index (κ1) is 14.6. The first-order valence-electron chi connectivity index (χ1n) is 6.63. The molecule has 0 spiro atoms. The van der Waals surface area contributed by atoms with Crippen LogP contribution in [-0.4, -0.2) is 9.14 Å². The molecule has 0 bridgehead atoms. The Hall–Kier alpha value is -0.380. The third kappa shape index (κ3) is 2.15. The molecule has 1 heterocycles. The summed E-state index contributed by atoms with van der Waals surface area (Å²) in [5.41, 5.74) is 1.38. The molecule has 2 aliphatic rings. The van der Waals surface area contributed by atoms with E-state index in [-0.39, 0.29) is 9.14 Å². The molecule has 106 valence electrons. The highest BCUT2D eigenvalue weighted by molar-refractivity contribution is 9.25. The summed E-state index contributed by atoms with van der Waals surface area (Å²) in [4.78, 5) is 13.7. The Kier molecular flexibility index (Phi) is 3.51. The van der Waals surface area contributed by atoms with E-state index in [9.17, 15) is 10.1 Å². The SMILES string of the molecule is C[C@]1(C(=O)Nc2sc3c(c2C#N)CCCC3)CC1(Br)Br. The zero-order chi connectivity index (χ0) is 14.5. The number of halogens is 2. The molecule has 0 saturated heterocycles. The van der Waals surface area contributed by atoms with E-state index in [4.69, 9.17) is 0 Å². The highest BCUT2D eigenvalue weighted by atomic mass is 79.9. The topological polar surface area (TPSA) is 52.9 Å². The number of carbonyl (C=O) groups excluding carboxylic acids is 1. The van der Waals surface area contributed by atoms with E-state index in [0.29, 0.717) is 5.56 Å². The van der Waals surface area contributed by atoms with Crippen molar-refractivity contribution in [2.75, 3.05) is 5.32 Å². The molecule has 1 amide bonds. The fourth-order valence-electron chi connectivity index (χ4n) is 2.66. The maximum Gasteiger partial charge on any atom is 0.233 e. The minimum absolute atomic E-state index is 0.0265. The maximum absolute atomic E-state index is 12.4. The summed E-state index contributed by atoms with van der Waals surface area (Å²) in [6.45, 7) is 1.92. The predicted octanol–water partition coefficient (Wildman–Crippen LogP) is 4.33. The lowest BCUT2D eigenvalue weighted by Crippen LogP contribution is -2.25. The van der Waals surface area contributed by atoms with Crippen LogP contribution in [0, 0.1) is 16.7 Å². The lowest BCUT2D eigenvalue weighted by atomic mass is 9.96. The van der Waals surface area contributed by atoms with Gasteiger partial charge in [-0.15, -0.1) is 11.3 Å². The van der Waals surface area contributed by atoms with Crippen LogP contribution >= 0.6 is 43.2 Å². The van der Waals surface area contributed by atoms with E-state index >= 15 is 0 Å². The van der Waals surface area contributed by atoms with Gasteiger partial charge in [0.2, 0.25) is 5.91 Å². The van der Waals surface area contributed by atoms with Crippen molar-refractivity contribution in [2.24, 2.45) is 5.41 Å². The summed E-state index contributed by atoms with van der Waals surface area (Å²) in [5, 5.41) is 13.1.